The third-order valence-corrected chi connectivity index (χ3v) is 5.10. The van der Waals surface area contributed by atoms with Crippen LogP contribution in [-0.2, 0) is 15.8 Å². The summed E-state index contributed by atoms with van der Waals surface area (Å²) in [4.78, 5) is 22.0. The molecule has 2 amide bonds. The average molecular weight is 465 g/mol. The quantitative estimate of drug-likeness (QED) is 0.321. The lowest BCUT2D eigenvalue weighted by atomic mass is 10.1. The molecular formula is C25H18F3N3O3. The van der Waals surface area contributed by atoms with Gasteiger partial charge < -0.3 is 4.74 Å². The lowest BCUT2D eigenvalue weighted by molar-refractivity contribution is -0.137. The summed E-state index contributed by atoms with van der Waals surface area (Å²) in [5, 5.41) is 7.47. The number of rotatable bonds is 6. The lowest BCUT2D eigenvalue weighted by Crippen LogP contribution is -2.17. The minimum atomic E-state index is -4.42. The molecule has 1 N–H and O–H groups in total. The SMILES string of the molecule is COc1cc(C=CC(=O)NC=O)cc(-n2nc(-c3ccc(C(F)(F)F)cc3)c3ccccc32)c1. The number of nitrogens with zero attached hydrogens (tertiary/aromatic N) is 2. The van der Waals surface area contributed by atoms with E-state index in [1.807, 2.05) is 29.6 Å². The maximum Gasteiger partial charge on any atom is 0.416 e. The van der Waals surface area contributed by atoms with Crippen molar-refractivity contribution in [2.24, 2.45) is 0 Å². The Hall–Kier alpha value is -4.40. The van der Waals surface area contributed by atoms with Gasteiger partial charge in [0.15, 0.2) is 0 Å². The van der Waals surface area contributed by atoms with Crippen molar-refractivity contribution in [2.45, 2.75) is 6.18 Å². The maximum absolute atomic E-state index is 13.0. The van der Waals surface area contributed by atoms with E-state index in [-0.39, 0.29) is 0 Å². The molecule has 0 unspecified atom stereocenters. The predicted molar refractivity (Wildman–Crippen MR) is 121 cm³/mol. The Morgan fingerprint density at radius 1 is 1.06 bits per heavy atom. The van der Waals surface area contributed by atoms with Crippen molar-refractivity contribution < 1.29 is 27.5 Å². The molecule has 0 bridgehead atoms. The summed E-state index contributed by atoms with van der Waals surface area (Å²) < 4.78 is 46.0. The smallest absolute Gasteiger partial charge is 0.416 e. The number of alkyl halides is 3. The second kappa shape index (κ2) is 9.22. The first-order valence-corrected chi connectivity index (χ1v) is 10.1. The predicted octanol–water partition coefficient (Wildman–Crippen LogP) is 5.01. The van der Waals surface area contributed by atoms with Crippen molar-refractivity contribution in [3.05, 3.63) is 83.9 Å². The van der Waals surface area contributed by atoms with Gasteiger partial charge in [0.05, 0.1) is 23.9 Å². The van der Waals surface area contributed by atoms with E-state index in [2.05, 4.69) is 0 Å². The van der Waals surface area contributed by atoms with Crippen molar-refractivity contribution in [1.29, 1.82) is 0 Å². The van der Waals surface area contributed by atoms with Crippen LogP contribution in [0.15, 0.2) is 72.8 Å². The first-order chi connectivity index (χ1) is 16.3. The number of halogens is 3. The second-order valence-corrected chi connectivity index (χ2v) is 7.28. The Morgan fingerprint density at radius 2 is 1.79 bits per heavy atom. The molecule has 0 fully saturated rings. The van der Waals surface area contributed by atoms with E-state index in [1.54, 1.807) is 22.9 Å². The molecular weight excluding hydrogens is 447 g/mol. The summed E-state index contributed by atoms with van der Waals surface area (Å²) in [6.07, 6.45) is -1.40. The third kappa shape index (κ3) is 4.68. The fraction of sp³-hybridized carbons (Fsp3) is 0.0800. The first kappa shape index (κ1) is 22.8. The van der Waals surface area contributed by atoms with E-state index in [0.717, 1.165) is 23.0 Å². The number of aromatic nitrogens is 2. The Balaban J connectivity index is 1.82. The molecule has 1 aromatic heterocycles. The molecule has 0 aliphatic rings. The van der Waals surface area contributed by atoms with E-state index in [9.17, 15) is 22.8 Å². The van der Waals surface area contributed by atoms with Crippen LogP contribution in [0.25, 0.3) is 33.9 Å². The minimum absolute atomic E-state index is 0.294. The zero-order chi connectivity index (χ0) is 24.3. The van der Waals surface area contributed by atoms with Gasteiger partial charge in [0, 0.05) is 23.1 Å². The van der Waals surface area contributed by atoms with Gasteiger partial charge in [-0.1, -0.05) is 30.3 Å². The zero-order valence-corrected chi connectivity index (χ0v) is 17.8. The monoisotopic (exact) mass is 465 g/mol. The normalized spacial score (nSPS) is 11.6. The number of amides is 2. The largest absolute Gasteiger partial charge is 0.497 e. The van der Waals surface area contributed by atoms with E-state index in [0.29, 0.717) is 34.7 Å². The number of carbonyl (C=O) groups excluding carboxylic acids is 2. The Kier molecular flexibility index (Phi) is 6.18. The number of imide groups is 1. The van der Waals surface area contributed by atoms with Gasteiger partial charge in [-0.2, -0.15) is 18.3 Å². The molecule has 1 heterocycles. The molecule has 34 heavy (non-hydrogen) atoms. The van der Waals surface area contributed by atoms with Gasteiger partial charge in [-0.3, -0.25) is 14.9 Å². The van der Waals surface area contributed by atoms with Gasteiger partial charge in [0.2, 0.25) is 12.3 Å². The molecule has 0 saturated heterocycles. The molecule has 0 radical (unpaired) electrons. The average Bonchev–Trinajstić information content (AvgIpc) is 3.22. The van der Waals surface area contributed by atoms with Crippen LogP contribution in [0, 0.1) is 0 Å². The van der Waals surface area contributed by atoms with E-state index < -0.39 is 17.6 Å². The number of ether oxygens (including phenoxy) is 1. The zero-order valence-electron chi connectivity index (χ0n) is 17.8. The van der Waals surface area contributed by atoms with Crippen LogP contribution in [0.1, 0.15) is 11.1 Å². The molecule has 172 valence electrons. The van der Waals surface area contributed by atoms with E-state index >= 15 is 0 Å². The second-order valence-electron chi connectivity index (χ2n) is 7.28. The molecule has 9 heteroatoms. The van der Waals surface area contributed by atoms with Crippen molar-refractivity contribution in [3.63, 3.8) is 0 Å². The lowest BCUT2D eigenvalue weighted by Gasteiger charge is -2.09. The number of fused-ring (bicyclic) bond motifs is 1. The maximum atomic E-state index is 13.0. The fourth-order valence-electron chi connectivity index (χ4n) is 3.51. The van der Waals surface area contributed by atoms with Crippen LogP contribution < -0.4 is 10.1 Å². The standard InChI is InChI=1S/C25H18F3N3O3/c1-34-20-13-16(6-11-23(33)29-15-32)12-19(14-20)31-22-5-3-2-4-21(22)24(30-31)17-7-9-18(10-8-17)25(26,27)28/h2-15H,1H3,(H,29,32,33). The number of benzene rings is 3. The van der Waals surface area contributed by atoms with Crippen molar-refractivity contribution in [2.75, 3.05) is 7.11 Å². The minimum Gasteiger partial charge on any atom is -0.497 e. The van der Waals surface area contributed by atoms with E-state index in [1.165, 1.54) is 31.4 Å². The molecule has 4 rings (SSSR count). The Morgan fingerprint density at radius 3 is 2.47 bits per heavy atom. The summed E-state index contributed by atoms with van der Waals surface area (Å²) in [5.41, 5.74) is 2.29. The summed E-state index contributed by atoms with van der Waals surface area (Å²) in [6, 6.07) is 17.4. The van der Waals surface area contributed by atoms with Crippen LogP contribution in [0.5, 0.6) is 5.75 Å². The van der Waals surface area contributed by atoms with Gasteiger partial charge in [0.25, 0.3) is 0 Å². The van der Waals surface area contributed by atoms with Crippen LogP contribution in [0.4, 0.5) is 13.2 Å². The number of methoxy groups -OCH3 is 1. The number of nitrogens with one attached hydrogen (secondary N) is 1. The Bertz CT molecular complexity index is 1390. The molecule has 0 saturated carbocycles. The molecule has 0 aliphatic heterocycles. The number of hydrogen-bond donors (Lipinski definition) is 1. The van der Waals surface area contributed by atoms with Gasteiger partial charge in [-0.05, 0) is 42.0 Å². The number of para-hydroxylation sites is 1. The summed E-state index contributed by atoms with van der Waals surface area (Å²) in [5.74, 6) is -0.0721. The van der Waals surface area contributed by atoms with Gasteiger partial charge in [0.1, 0.15) is 11.4 Å². The van der Waals surface area contributed by atoms with E-state index in [4.69, 9.17) is 9.84 Å². The topological polar surface area (TPSA) is 73.2 Å². The molecule has 0 atom stereocenters. The highest BCUT2D eigenvalue weighted by Crippen LogP contribution is 2.34. The fourth-order valence-corrected chi connectivity index (χ4v) is 3.51. The van der Waals surface area contributed by atoms with Crippen LogP contribution in [0.2, 0.25) is 0 Å². The summed E-state index contributed by atoms with van der Waals surface area (Å²) in [6.45, 7) is 0. The third-order valence-electron chi connectivity index (χ3n) is 5.10. The molecule has 0 spiro atoms. The van der Waals surface area contributed by atoms with Crippen LogP contribution >= 0.6 is 0 Å². The molecule has 0 aliphatic carbocycles. The summed E-state index contributed by atoms with van der Waals surface area (Å²) in [7, 11) is 1.50. The highest BCUT2D eigenvalue weighted by molar-refractivity contribution is 5.97. The van der Waals surface area contributed by atoms with Crippen molar-refractivity contribution in [3.8, 4) is 22.7 Å². The molecule has 4 aromatic rings. The molecule has 3 aromatic carbocycles. The van der Waals surface area contributed by atoms with Gasteiger partial charge in [-0.25, -0.2) is 4.68 Å². The van der Waals surface area contributed by atoms with Gasteiger partial charge in [-0.15, -0.1) is 0 Å². The summed E-state index contributed by atoms with van der Waals surface area (Å²) >= 11 is 0. The highest BCUT2D eigenvalue weighted by atomic mass is 19.4. The number of carbonyl (C=O) groups is 2. The molecule has 6 nitrogen and oxygen atoms in total. The van der Waals surface area contributed by atoms with Crippen molar-refractivity contribution >= 4 is 29.3 Å². The van der Waals surface area contributed by atoms with Crippen molar-refractivity contribution in [1.82, 2.24) is 15.1 Å². The van der Waals surface area contributed by atoms with Gasteiger partial charge >= 0.3 is 6.18 Å². The number of hydrogen-bond acceptors (Lipinski definition) is 4. The Labute approximate surface area is 192 Å². The first-order valence-electron chi connectivity index (χ1n) is 10.1. The highest BCUT2D eigenvalue weighted by Gasteiger charge is 2.30. The van der Waals surface area contributed by atoms with Crippen LogP contribution in [0.3, 0.4) is 0 Å². The van der Waals surface area contributed by atoms with Crippen LogP contribution in [-0.4, -0.2) is 29.2 Å².